The van der Waals surface area contributed by atoms with E-state index >= 15 is 0 Å². The third-order valence-corrected chi connectivity index (χ3v) is 6.35. The third-order valence-electron chi connectivity index (χ3n) is 6.35. The van der Waals surface area contributed by atoms with Crippen molar-refractivity contribution in [2.24, 2.45) is 0 Å². The zero-order chi connectivity index (χ0) is 26.6. The van der Waals surface area contributed by atoms with Crippen molar-refractivity contribution in [2.45, 2.75) is 52.2 Å². The molecule has 2 aliphatic heterocycles. The largest absolute Gasteiger partial charge is 0.497 e. The predicted octanol–water partition coefficient (Wildman–Crippen LogP) is 2.72. The van der Waals surface area contributed by atoms with Crippen molar-refractivity contribution >= 4 is 18.0 Å². The second-order valence-corrected chi connectivity index (χ2v) is 10.3. The fourth-order valence-corrected chi connectivity index (χ4v) is 4.53. The number of rotatable bonds is 6. The minimum Gasteiger partial charge on any atom is -0.497 e. The number of piperazine rings is 1. The highest BCUT2D eigenvalue weighted by Gasteiger charge is 2.38. The highest BCUT2D eigenvalue weighted by atomic mass is 16.5. The van der Waals surface area contributed by atoms with Crippen LogP contribution in [0.1, 0.15) is 46.2 Å². The number of hydrogen-bond donors (Lipinski definition) is 2. The summed E-state index contributed by atoms with van der Waals surface area (Å²) in [5, 5.41) is 5.96. The molecule has 2 atom stereocenters. The van der Waals surface area contributed by atoms with Crippen LogP contribution in [0.3, 0.4) is 0 Å². The SMILES string of the molecule is CCOC(=O)C1=C(CN2CCN(C(=O)NC(C)(C)C)[C@H](C)C2)N(C)C(=O)N[C@H]1c1ccc(OC)cc1. The maximum Gasteiger partial charge on any atom is 0.338 e. The maximum atomic E-state index is 13.2. The zero-order valence-electron chi connectivity index (χ0n) is 22.4. The molecule has 0 aromatic heterocycles. The lowest BCUT2D eigenvalue weighted by Crippen LogP contribution is -2.59. The van der Waals surface area contributed by atoms with E-state index in [1.165, 1.54) is 4.90 Å². The first-order chi connectivity index (χ1) is 16.9. The molecule has 2 N–H and O–H groups in total. The highest BCUT2D eigenvalue weighted by molar-refractivity contribution is 5.95. The summed E-state index contributed by atoms with van der Waals surface area (Å²) in [6.45, 7) is 12.0. The van der Waals surface area contributed by atoms with Crippen LogP contribution in [0.25, 0.3) is 0 Å². The Bertz CT molecular complexity index is 1000. The van der Waals surface area contributed by atoms with E-state index in [0.29, 0.717) is 43.2 Å². The van der Waals surface area contributed by atoms with Crippen molar-refractivity contribution in [3.63, 3.8) is 0 Å². The van der Waals surface area contributed by atoms with Crippen LogP contribution in [0.15, 0.2) is 35.5 Å². The number of amides is 4. The highest BCUT2D eigenvalue weighted by Crippen LogP contribution is 2.32. The van der Waals surface area contributed by atoms with E-state index in [1.807, 2.05) is 44.7 Å². The van der Waals surface area contributed by atoms with Crippen LogP contribution in [0, 0.1) is 0 Å². The van der Waals surface area contributed by atoms with Crippen molar-refractivity contribution in [1.82, 2.24) is 25.3 Å². The summed E-state index contributed by atoms with van der Waals surface area (Å²) in [7, 11) is 3.24. The van der Waals surface area contributed by atoms with Gasteiger partial charge in [0, 0.05) is 50.5 Å². The molecule has 3 rings (SSSR count). The number of urea groups is 2. The molecule has 198 valence electrons. The average molecular weight is 502 g/mol. The Kier molecular flexibility index (Phi) is 8.50. The molecule has 1 saturated heterocycles. The summed E-state index contributed by atoms with van der Waals surface area (Å²) in [4.78, 5) is 44.3. The van der Waals surface area contributed by atoms with Crippen LogP contribution >= 0.6 is 0 Å². The number of nitrogens with one attached hydrogen (secondary N) is 2. The average Bonchev–Trinajstić information content (AvgIpc) is 2.81. The number of esters is 1. The Labute approximate surface area is 213 Å². The van der Waals surface area contributed by atoms with E-state index in [2.05, 4.69) is 15.5 Å². The lowest BCUT2D eigenvalue weighted by Gasteiger charge is -2.43. The molecule has 0 aliphatic carbocycles. The van der Waals surface area contributed by atoms with Crippen molar-refractivity contribution in [1.29, 1.82) is 0 Å². The van der Waals surface area contributed by atoms with Gasteiger partial charge >= 0.3 is 18.0 Å². The summed E-state index contributed by atoms with van der Waals surface area (Å²) in [6.07, 6.45) is 0. The van der Waals surface area contributed by atoms with Gasteiger partial charge in [0.05, 0.1) is 25.3 Å². The summed E-state index contributed by atoms with van der Waals surface area (Å²) in [5.41, 5.74) is 1.44. The van der Waals surface area contributed by atoms with Crippen molar-refractivity contribution in [3.8, 4) is 5.75 Å². The van der Waals surface area contributed by atoms with Crippen LogP contribution in [0.5, 0.6) is 5.75 Å². The molecule has 1 aromatic carbocycles. The topological polar surface area (TPSA) is 103 Å². The second-order valence-electron chi connectivity index (χ2n) is 10.3. The van der Waals surface area contributed by atoms with E-state index in [1.54, 1.807) is 33.2 Å². The van der Waals surface area contributed by atoms with Gasteiger partial charge in [0.15, 0.2) is 0 Å². The molecular weight excluding hydrogens is 462 g/mol. The van der Waals surface area contributed by atoms with Crippen molar-refractivity contribution < 1.29 is 23.9 Å². The Morgan fingerprint density at radius 3 is 2.39 bits per heavy atom. The molecule has 1 fully saturated rings. The summed E-state index contributed by atoms with van der Waals surface area (Å²) in [5.74, 6) is 0.221. The van der Waals surface area contributed by atoms with Gasteiger partial charge in [-0.3, -0.25) is 9.80 Å². The fraction of sp³-hybridized carbons (Fsp3) is 0.577. The Morgan fingerprint density at radius 2 is 1.83 bits per heavy atom. The standard InChI is InChI=1S/C26H39N5O5/c1-8-36-23(32)21-20(16-30-13-14-31(17(2)15-30)25(34)28-26(3,4)5)29(6)24(33)27-22(21)18-9-11-19(35-7)12-10-18/h9-12,17,22H,8,13-16H2,1-7H3,(H,27,33)(H,28,34)/t17-,22+/m1/s1. The van der Waals surface area contributed by atoms with Crippen LogP contribution in [0.2, 0.25) is 0 Å². The summed E-state index contributed by atoms with van der Waals surface area (Å²) < 4.78 is 10.7. The van der Waals surface area contributed by atoms with Gasteiger partial charge < -0.3 is 25.0 Å². The predicted molar refractivity (Wildman–Crippen MR) is 137 cm³/mol. The summed E-state index contributed by atoms with van der Waals surface area (Å²) in [6, 6.07) is 6.20. The van der Waals surface area contributed by atoms with Gasteiger partial charge in [0.1, 0.15) is 5.75 Å². The summed E-state index contributed by atoms with van der Waals surface area (Å²) >= 11 is 0. The van der Waals surface area contributed by atoms with E-state index in [0.717, 1.165) is 5.56 Å². The quantitative estimate of drug-likeness (QED) is 0.581. The molecule has 4 amide bonds. The Hall–Kier alpha value is -3.27. The second kappa shape index (κ2) is 11.2. The van der Waals surface area contributed by atoms with E-state index in [-0.39, 0.29) is 30.2 Å². The van der Waals surface area contributed by atoms with E-state index < -0.39 is 12.0 Å². The van der Waals surface area contributed by atoms with Crippen LogP contribution in [0.4, 0.5) is 9.59 Å². The van der Waals surface area contributed by atoms with Crippen LogP contribution < -0.4 is 15.4 Å². The number of methoxy groups -OCH3 is 1. The van der Waals surface area contributed by atoms with E-state index in [9.17, 15) is 14.4 Å². The molecule has 0 saturated carbocycles. The van der Waals surface area contributed by atoms with Crippen molar-refractivity contribution in [3.05, 3.63) is 41.1 Å². The molecule has 10 heteroatoms. The molecule has 10 nitrogen and oxygen atoms in total. The first kappa shape index (κ1) is 27.3. The number of ether oxygens (including phenoxy) is 2. The molecule has 1 aromatic rings. The van der Waals surface area contributed by atoms with Gasteiger partial charge in [0.2, 0.25) is 0 Å². The molecule has 0 bridgehead atoms. The molecule has 2 aliphatic rings. The minimum atomic E-state index is -0.648. The smallest absolute Gasteiger partial charge is 0.338 e. The molecule has 2 heterocycles. The zero-order valence-corrected chi connectivity index (χ0v) is 22.4. The van der Waals surface area contributed by atoms with E-state index in [4.69, 9.17) is 9.47 Å². The number of carbonyl (C=O) groups is 3. The molecule has 0 spiro atoms. The molecule has 0 radical (unpaired) electrons. The van der Waals surface area contributed by atoms with Crippen LogP contribution in [-0.2, 0) is 9.53 Å². The fourth-order valence-electron chi connectivity index (χ4n) is 4.53. The number of carbonyl (C=O) groups excluding carboxylic acids is 3. The Balaban J connectivity index is 1.89. The lowest BCUT2D eigenvalue weighted by molar-refractivity contribution is -0.139. The first-order valence-electron chi connectivity index (χ1n) is 12.3. The van der Waals surface area contributed by atoms with Gasteiger partial charge in [-0.05, 0) is 52.3 Å². The van der Waals surface area contributed by atoms with Gasteiger partial charge in [-0.25, -0.2) is 14.4 Å². The van der Waals surface area contributed by atoms with Crippen LogP contribution in [-0.4, -0.2) is 91.3 Å². The lowest BCUT2D eigenvalue weighted by atomic mass is 9.94. The van der Waals surface area contributed by atoms with Gasteiger partial charge in [-0.1, -0.05) is 12.1 Å². The molecule has 0 unspecified atom stereocenters. The van der Waals surface area contributed by atoms with Crippen molar-refractivity contribution in [2.75, 3.05) is 46.9 Å². The maximum absolute atomic E-state index is 13.2. The monoisotopic (exact) mass is 501 g/mol. The Morgan fingerprint density at radius 1 is 1.17 bits per heavy atom. The number of likely N-dealkylation sites (N-methyl/N-ethyl adjacent to an activating group) is 1. The van der Waals surface area contributed by atoms with Gasteiger partial charge in [-0.2, -0.15) is 0 Å². The first-order valence-corrected chi connectivity index (χ1v) is 12.3. The minimum absolute atomic E-state index is 0.0344. The number of benzene rings is 1. The number of hydrogen-bond acceptors (Lipinski definition) is 6. The van der Waals surface area contributed by atoms with Gasteiger partial charge in [-0.15, -0.1) is 0 Å². The number of nitrogens with zero attached hydrogens (tertiary/aromatic N) is 3. The molecule has 36 heavy (non-hydrogen) atoms. The third kappa shape index (κ3) is 6.29. The van der Waals surface area contributed by atoms with Gasteiger partial charge in [0.25, 0.3) is 0 Å². The normalized spacial score (nSPS) is 21.2. The molecular formula is C26H39N5O5.